The van der Waals surface area contributed by atoms with E-state index in [4.69, 9.17) is 0 Å². The Bertz CT molecular complexity index is 1480. The number of piperidine rings is 1. The van der Waals surface area contributed by atoms with Crippen LogP contribution in [0.3, 0.4) is 0 Å². The number of nitrogens with zero attached hydrogens (tertiary/aromatic N) is 6. The van der Waals surface area contributed by atoms with Crippen molar-refractivity contribution in [3.05, 3.63) is 84.4 Å². The van der Waals surface area contributed by atoms with Crippen molar-refractivity contribution in [2.75, 3.05) is 31.2 Å². The van der Waals surface area contributed by atoms with Crippen LogP contribution in [-0.4, -0.2) is 79.4 Å². The number of H-pyrrole nitrogens is 1. The smallest absolute Gasteiger partial charge is 0.255 e. The Labute approximate surface area is 219 Å². The van der Waals surface area contributed by atoms with Crippen LogP contribution in [0.15, 0.2) is 73.2 Å². The third kappa shape index (κ3) is 4.27. The Morgan fingerprint density at radius 1 is 0.974 bits per heavy atom. The lowest BCUT2D eigenvalue weighted by molar-refractivity contribution is -0.136. The first-order valence-corrected chi connectivity index (χ1v) is 12.7. The first-order valence-electron chi connectivity index (χ1n) is 12.7. The van der Waals surface area contributed by atoms with Crippen LogP contribution in [0.2, 0.25) is 0 Å². The van der Waals surface area contributed by atoms with Crippen molar-refractivity contribution in [2.45, 2.75) is 24.8 Å². The van der Waals surface area contributed by atoms with Gasteiger partial charge in [-0.15, -0.1) is 0 Å². The molecule has 2 saturated heterocycles. The zero-order chi connectivity index (χ0) is 26.1. The van der Waals surface area contributed by atoms with Crippen LogP contribution >= 0.6 is 0 Å². The molecule has 10 nitrogen and oxygen atoms in total. The molecule has 3 aromatic heterocycles. The number of pyridine rings is 2. The van der Waals surface area contributed by atoms with Crippen LogP contribution in [0.25, 0.3) is 11.0 Å². The van der Waals surface area contributed by atoms with Gasteiger partial charge in [0.15, 0.2) is 11.4 Å². The number of hydrogen-bond donors (Lipinski definition) is 1. The fourth-order valence-corrected chi connectivity index (χ4v) is 5.51. The lowest BCUT2D eigenvalue weighted by atomic mass is 9.85. The lowest BCUT2D eigenvalue weighted by Gasteiger charge is -2.43. The number of aromatic amines is 1. The number of benzene rings is 1. The zero-order valence-electron chi connectivity index (χ0n) is 20.8. The molecule has 0 saturated carbocycles. The molecule has 0 aliphatic carbocycles. The van der Waals surface area contributed by atoms with Crippen molar-refractivity contribution in [3.63, 3.8) is 0 Å². The molecule has 192 valence electrons. The number of nitrogens with one attached hydrogen (secondary N) is 1. The predicted octanol–water partition coefficient (Wildman–Crippen LogP) is 2.45. The van der Waals surface area contributed by atoms with Gasteiger partial charge in [-0.2, -0.15) is 5.10 Å². The number of aromatic nitrogens is 4. The number of rotatable bonds is 6. The minimum atomic E-state index is -0.809. The molecule has 10 heteroatoms. The van der Waals surface area contributed by atoms with Gasteiger partial charge >= 0.3 is 0 Å². The Morgan fingerprint density at radius 2 is 1.76 bits per heavy atom. The van der Waals surface area contributed by atoms with E-state index in [0.29, 0.717) is 49.5 Å². The van der Waals surface area contributed by atoms with Crippen molar-refractivity contribution >= 4 is 34.3 Å². The zero-order valence-corrected chi connectivity index (χ0v) is 20.8. The monoisotopic (exact) mass is 509 g/mol. The second-order valence-corrected chi connectivity index (χ2v) is 9.80. The molecule has 0 unspecified atom stereocenters. The average molecular weight is 510 g/mol. The molecule has 0 bridgehead atoms. The number of hydrogen-bond acceptors (Lipinski definition) is 7. The van der Waals surface area contributed by atoms with Crippen molar-refractivity contribution in [3.8, 4) is 0 Å². The van der Waals surface area contributed by atoms with Gasteiger partial charge in [-0.05, 0) is 43.2 Å². The molecule has 4 aromatic rings. The third-order valence-electron chi connectivity index (χ3n) is 7.47. The lowest BCUT2D eigenvalue weighted by Crippen LogP contribution is -2.57. The third-order valence-corrected chi connectivity index (χ3v) is 7.47. The highest BCUT2D eigenvalue weighted by molar-refractivity contribution is 5.99. The minimum absolute atomic E-state index is 0.0273. The van der Waals surface area contributed by atoms with Gasteiger partial charge in [0.05, 0.1) is 31.4 Å². The maximum atomic E-state index is 13.9. The number of para-hydroxylation sites is 1. The fourth-order valence-electron chi connectivity index (χ4n) is 5.51. The largest absolute Gasteiger partial charge is 0.339 e. The summed E-state index contributed by atoms with van der Waals surface area (Å²) in [5.41, 5.74) is 1.93. The number of carbonyl (C=O) groups excluding carboxylic acids is 3. The van der Waals surface area contributed by atoms with E-state index in [2.05, 4.69) is 25.1 Å². The Balaban J connectivity index is 1.21. The van der Waals surface area contributed by atoms with Crippen LogP contribution in [0.1, 0.15) is 28.9 Å². The highest BCUT2D eigenvalue weighted by atomic mass is 16.2. The maximum absolute atomic E-state index is 13.9. The van der Waals surface area contributed by atoms with Gasteiger partial charge in [-0.25, -0.2) is 4.98 Å². The SMILES string of the molecule is O=C(Cc1ccccn1)CN1CN(c2ccccc2)C2(CCN(C(=O)c3cnc4[nH]ncc4c3)CC2)C1=O. The van der Waals surface area contributed by atoms with Crippen LogP contribution in [0.5, 0.6) is 0 Å². The van der Waals surface area contributed by atoms with E-state index in [0.717, 1.165) is 11.1 Å². The van der Waals surface area contributed by atoms with Crippen LogP contribution in [0, 0.1) is 0 Å². The van der Waals surface area contributed by atoms with Crippen LogP contribution < -0.4 is 4.90 Å². The molecule has 2 aliphatic heterocycles. The molecule has 5 heterocycles. The summed E-state index contributed by atoms with van der Waals surface area (Å²) in [4.78, 5) is 54.1. The molecule has 38 heavy (non-hydrogen) atoms. The van der Waals surface area contributed by atoms with E-state index in [9.17, 15) is 14.4 Å². The first-order chi connectivity index (χ1) is 18.5. The Morgan fingerprint density at radius 3 is 2.53 bits per heavy atom. The highest BCUT2D eigenvalue weighted by Gasteiger charge is 2.54. The van der Waals surface area contributed by atoms with Gasteiger partial charge in [-0.1, -0.05) is 24.3 Å². The molecule has 2 amide bonds. The quantitative estimate of drug-likeness (QED) is 0.425. The van der Waals surface area contributed by atoms with Gasteiger partial charge < -0.3 is 14.7 Å². The van der Waals surface area contributed by atoms with Crippen LogP contribution in [0.4, 0.5) is 5.69 Å². The van der Waals surface area contributed by atoms with Crippen molar-refractivity contribution in [2.24, 2.45) is 0 Å². The number of carbonyl (C=O) groups is 3. The van der Waals surface area contributed by atoms with Crippen molar-refractivity contribution < 1.29 is 14.4 Å². The summed E-state index contributed by atoms with van der Waals surface area (Å²) < 4.78 is 0. The maximum Gasteiger partial charge on any atom is 0.255 e. The second kappa shape index (κ2) is 9.70. The summed E-state index contributed by atoms with van der Waals surface area (Å²) in [6.07, 6.45) is 5.98. The summed E-state index contributed by atoms with van der Waals surface area (Å²) in [5.74, 6) is -0.240. The summed E-state index contributed by atoms with van der Waals surface area (Å²) in [5, 5.41) is 7.54. The molecule has 2 fully saturated rings. The number of Topliss-reactive ketones (excluding diaryl/α,β-unsaturated/α-hetero) is 1. The fraction of sp³-hybridized carbons (Fsp3) is 0.286. The molecule has 1 spiro atoms. The Kier molecular flexibility index (Phi) is 6.07. The van der Waals surface area contributed by atoms with Gasteiger partial charge in [-0.3, -0.25) is 24.5 Å². The van der Waals surface area contributed by atoms with E-state index in [-0.39, 0.29) is 30.6 Å². The molecule has 1 N–H and O–H groups in total. The predicted molar refractivity (Wildman–Crippen MR) is 140 cm³/mol. The van der Waals surface area contributed by atoms with E-state index >= 15 is 0 Å². The summed E-state index contributed by atoms with van der Waals surface area (Å²) >= 11 is 0. The first kappa shape index (κ1) is 23.8. The van der Waals surface area contributed by atoms with Gasteiger partial charge in [0, 0.05) is 42.3 Å². The van der Waals surface area contributed by atoms with E-state index < -0.39 is 5.54 Å². The number of amides is 2. The molecule has 0 atom stereocenters. The van der Waals surface area contributed by atoms with Crippen molar-refractivity contribution in [1.82, 2.24) is 30.0 Å². The number of anilines is 1. The molecule has 0 radical (unpaired) electrons. The molecule has 2 aliphatic rings. The second-order valence-electron chi connectivity index (χ2n) is 9.80. The number of fused-ring (bicyclic) bond motifs is 1. The van der Waals surface area contributed by atoms with E-state index in [1.807, 2.05) is 48.5 Å². The van der Waals surface area contributed by atoms with Gasteiger partial charge in [0.1, 0.15) is 5.54 Å². The normalized spacial score (nSPS) is 16.9. The molecule has 6 rings (SSSR count). The summed E-state index contributed by atoms with van der Waals surface area (Å²) in [6.45, 7) is 1.20. The highest BCUT2D eigenvalue weighted by Crippen LogP contribution is 2.39. The number of likely N-dealkylation sites (tertiary alicyclic amines) is 1. The van der Waals surface area contributed by atoms with E-state index in [1.165, 1.54) is 0 Å². The number of ketones is 1. The van der Waals surface area contributed by atoms with Crippen molar-refractivity contribution in [1.29, 1.82) is 0 Å². The van der Waals surface area contributed by atoms with Crippen LogP contribution in [-0.2, 0) is 16.0 Å². The molecular formula is C28H27N7O3. The van der Waals surface area contributed by atoms with Gasteiger partial charge in [0.2, 0.25) is 5.91 Å². The topological polar surface area (TPSA) is 115 Å². The standard InChI is InChI=1S/C28H27N7O3/c36-24(15-22-6-4-5-11-29-22)18-34-19-35(23-7-2-1-3-8-23)28(27(34)38)9-12-33(13-10-28)26(37)21-14-20-17-31-32-25(20)30-16-21/h1-8,11,14,16-17H,9-10,12-13,15,18-19H2,(H,30,31,32). The molecule has 1 aromatic carbocycles. The minimum Gasteiger partial charge on any atom is -0.339 e. The summed E-state index contributed by atoms with van der Waals surface area (Å²) in [6, 6.07) is 17.0. The Hall–Kier alpha value is -4.60. The molecular weight excluding hydrogens is 482 g/mol. The van der Waals surface area contributed by atoms with Gasteiger partial charge in [0.25, 0.3) is 5.91 Å². The van der Waals surface area contributed by atoms with E-state index in [1.54, 1.807) is 34.5 Å². The average Bonchev–Trinajstić information content (AvgIpc) is 3.53. The summed E-state index contributed by atoms with van der Waals surface area (Å²) in [7, 11) is 0.